The number of aromatic nitrogens is 1. The molecule has 0 bridgehead atoms. The number of amides is 1. The zero-order valence-corrected chi connectivity index (χ0v) is 9.64. The fourth-order valence-electron chi connectivity index (χ4n) is 1.92. The average Bonchev–Trinajstić information content (AvgIpc) is 2.33. The standard InChI is InChI=1S/C12H15FN2O2/c1-8-4-5-15(7-10(8)16)12(17)9-2-3-11(13)14-6-9/h2-3,6,8,10,16H,4-5,7H2,1H3. The fourth-order valence-corrected chi connectivity index (χ4v) is 1.92. The number of carbonyl (C=O) groups excluding carboxylic acids is 1. The van der Waals surface area contributed by atoms with E-state index in [0.29, 0.717) is 18.7 Å². The maximum absolute atomic E-state index is 12.6. The van der Waals surface area contributed by atoms with Crippen LogP contribution >= 0.6 is 0 Å². The molecule has 0 aromatic carbocycles. The van der Waals surface area contributed by atoms with Gasteiger partial charge in [-0.15, -0.1) is 0 Å². The lowest BCUT2D eigenvalue weighted by Crippen LogP contribution is -2.45. The van der Waals surface area contributed by atoms with Gasteiger partial charge >= 0.3 is 0 Å². The number of nitrogens with zero attached hydrogens (tertiary/aromatic N) is 2. The molecule has 0 radical (unpaired) electrons. The summed E-state index contributed by atoms with van der Waals surface area (Å²) in [5, 5.41) is 9.72. The van der Waals surface area contributed by atoms with Gasteiger partial charge in [-0.05, 0) is 24.5 Å². The molecule has 2 heterocycles. The summed E-state index contributed by atoms with van der Waals surface area (Å²) >= 11 is 0. The summed E-state index contributed by atoms with van der Waals surface area (Å²) in [6, 6.07) is 2.57. The van der Waals surface area contributed by atoms with Gasteiger partial charge in [-0.2, -0.15) is 4.39 Å². The first-order valence-corrected chi connectivity index (χ1v) is 5.67. The fraction of sp³-hybridized carbons (Fsp3) is 0.500. The molecule has 2 rings (SSSR count). The van der Waals surface area contributed by atoms with Crippen molar-refractivity contribution in [3.8, 4) is 0 Å². The van der Waals surface area contributed by atoms with Crippen LogP contribution in [0.25, 0.3) is 0 Å². The van der Waals surface area contributed by atoms with E-state index in [2.05, 4.69) is 4.98 Å². The predicted octanol–water partition coefficient (Wildman–Crippen LogP) is 1.06. The minimum absolute atomic E-state index is 0.205. The summed E-state index contributed by atoms with van der Waals surface area (Å²) in [4.78, 5) is 17.1. The summed E-state index contributed by atoms with van der Waals surface area (Å²) < 4.78 is 12.6. The third kappa shape index (κ3) is 2.61. The molecule has 5 heteroatoms. The summed E-state index contributed by atoms with van der Waals surface area (Å²) in [5.41, 5.74) is 0.355. The third-order valence-corrected chi connectivity index (χ3v) is 3.18. The molecule has 1 saturated heterocycles. The topological polar surface area (TPSA) is 53.4 Å². The minimum Gasteiger partial charge on any atom is -0.391 e. The van der Waals surface area contributed by atoms with Gasteiger partial charge in [-0.25, -0.2) is 4.98 Å². The van der Waals surface area contributed by atoms with Gasteiger partial charge in [0.25, 0.3) is 5.91 Å². The Morgan fingerprint density at radius 3 is 2.94 bits per heavy atom. The third-order valence-electron chi connectivity index (χ3n) is 3.18. The molecule has 92 valence electrons. The number of halogens is 1. The first-order chi connectivity index (χ1) is 8.08. The molecule has 4 nitrogen and oxygen atoms in total. The maximum Gasteiger partial charge on any atom is 0.255 e. The number of rotatable bonds is 1. The van der Waals surface area contributed by atoms with E-state index in [1.165, 1.54) is 12.3 Å². The highest BCUT2D eigenvalue weighted by Crippen LogP contribution is 2.18. The maximum atomic E-state index is 12.6. The van der Waals surface area contributed by atoms with Crippen molar-refractivity contribution < 1.29 is 14.3 Å². The highest BCUT2D eigenvalue weighted by Gasteiger charge is 2.27. The van der Waals surface area contributed by atoms with Crippen molar-refractivity contribution in [1.29, 1.82) is 0 Å². The Balaban J connectivity index is 2.08. The van der Waals surface area contributed by atoms with Crippen LogP contribution in [0, 0.1) is 11.9 Å². The van der Waals surface area contributed by atoms with Crippen LogP contribution in [0.4, 0.5) is 4.39 Å². The van der Waals surface area contributed by atoms with Crippen molar-refractivity contribution >= 4 is 5.91 Å². The van der Waals surface area contributed by atoms with Gasteiger partial charge < -0.3 is 10.0 Å². The van der Waals surface area contributed by atoms with Gasteiger partial charge in [-0.3, -0.25) is 4.79 Å². The molecule has 1 N–H and O–H groups in total. The van der Waals surface area contributed by atoms with Crippen LogP contribution in [0.1, 0.15) is 23.7 Å². The van der Waals surface area contributed by atoms with E-state index in [-0.39, 0.29) is 11.8 Å². The van der Waals surface area contributed by atoms with Crippen molar-refractivity contribution in [2.75, 3.05) is 13.1 Å². The Morgan fingerprint density at radius 1 is 1.59 bits per heavy atom. The summed E-state index contributed by atoms with van der Waals surface area (Å²) in [7, 11) is 0. The smallest absolute Gasteiger partial charge is 0.255 e. The second kappa shape index (κ2) is 4.79. The van der Waals surface area contributed by atoms with Crippen molar-refractivity contribution in [1.82, 2.24) is 9.88 Å². The summed E-state index contributed by atoms with van der Waals surface area (Å²) in [5.74, 6) is -0.595. The highest BCUT2D eigenvalue weighted by atomic mass is 19.1. The van der Waals surface area contributed by atoms with Crippen LogP contribution in [0.2, 0.25) is 0 Å². The Labute approximate surface area is 99.1 Å². The van der Waals surface area contributed by atoms with Crippen LogP contribution in [0.3, 0.4) is 0 Å². The van der Waals surface area contributed by atoms with Gasteiger partial charge in [-0.1, -0.05) is 6.92 Å². The number of aliphatic hydroxyl groups excluding tert-OH is 1. The SMILES string of the molecule is CC1CCN(C(=O)c2ccc(F)nc2)CC1O. The molecule has 2 unspecified atom stereocenters. The highest BCUT2D eigenvalue weighted by molar-refractivity contribution is 5.93. The largest absolute Gasteiger partial charge is 0.391 e. The first kappa shape index (κ1) is 12.0. The Bertz CT molecular complexity index is 407. The number of pyridine rings is 1. The zero-order valence-electron chi connectivity index (χ0n) is 9.64. The van der Waals surface area contributed by atoms with Crippen molar-refractivity contribution in [2.45, 2.75) is 19.4 Å². The summed E-state index contributed by atoms with van der Waals surface area (Å²) in [6.07, 6.45) is 1.52. The number of likely N-dealkylation sites (tertiary alicyclic amines) is 1. The van der Waals surface area contributed by atoms with E-state index in [1.54, 1.807) is 4.90 Å². The second-order valence-corrected chi connectivity index (χ2v) is 4.45. The molecular weight excluding hydrogens is 223 g/mol. The molecule has 0 aliphatic carbocycles. The van der Waals surface area contributed by atoms with E-state index < -0.39 is 12.1 Å². The van der Waals surface area contributed by atoms with Crippen molar-refractivity contribution in [3.05, 3.63) is 29.8 Å². The number of hydrogen-bond donors (Lipinski definition) is 1. The monoisotopic (exact) mass is 238 g/mol. The molecule has 0 spiro atoms. The van der Waals surface area contributed by atoms with Gasteiger partial charge in [0.05, 0.1) is 11.7 Å². The summed E-state index contributed by atoms with van der Waals surface area (Å²) in [6.45, 7) is 2.91. The van der Waals surface area contributed by atoms with Crippen LogP contribution in [0.15, 0.2) is 18.3 Å². The lowest BCUT2D eigenvalue weighted by Gasteiger charge is -2.34. The number of hydrogen-bond acceptors (Lipinski definition) is 3. The van der Waals surface area contributed by atoms with Crippen molar-refractivity contribution in [2.24, 2.45) is 5.92 Å². The molecule has 17 heavy (non-hydrogen) atoms. The van der Waals surface area contributed by atoms with E-state index in [4.69, 9.17) is 0 Å². The van der Waals surface area contributed by atoms with E-state index >= 15 is 0 Å². The molecule has 1 amide bonds. The van der Waals surface area contributed by atoms with Crippen LogP contribution in [-0.2, 0) is 0 Å². The predicted molar refractivity (Wildman–Crippen MR) is 59.9 cm³/mol. The Kier molecular flexibility index (Phi) is 3.38. The number of β-amino-alcohol motifs (C(OH)–C–C–N with tert-alkyl or cyclic N) is 1. The number of piperidine rings is 1. The Hall–Kier alpha value is -1.49. The van der Waals surface area contributed by atoms with Gasteiger partial charge in [0.2, 0.25) is 5.95 Å². The van der Waals surface area contributed by atoms with Crippen LogP contribution < -0.4 is 0 Å². The van der Waals surface area contributed by atoms with Gasteiger partial charge in [0, 0.05) is 19.3 Å². The first-order valence-electron chi connectivity index (χ1n) is 5.67. The van der Waals surface area contributed by atoms with Gasteiger partial charge in [0.1, 0.15) is 0 Å². The lowest BCUT2D eigenvalue weighted by atomic mass is 9.96. The quantitative estimate of drug-likeness (QED) is 0.744. The number of carbonyl (C=O) groups is 1. The zero-order chi connectivity index (χ0) is 12.4. The second-order valence-electron chi connectivity index (χ2n) is 4.45. The van der Waals surface area contributed by atoms with E-state index in [0.717, 1.165) is 12.5 Å². The molecule has 2 atom stereocenters. The molecule has 1 aromatic rings. The van der Waals surface area contributed by atoms with E-state index in [9.17, 15) is 14.3 Å². The molecule has 1 fully saturated rings. The molecule has 1 aliphatic rings. The molecule has 0 saturated carbocycles. The normalized spacial score (nSPS) is 24.8. The Morgan fingerprint density at radius 2 is 2.35 bits per heavy atom. The molecule has 1 aliphatic heterocycles. The molecular formula is C12H15FN2O2. The van der Waals surface area contributed by atoms with E-state index in [1.807, 2.05) is 6.92 Å². The van der Waals surface area contributed by atoms with Crippen LogP contribution in [0.5, 0.6) is 0 Å². The number of aliphatic hydroxyl groups is 1. The van der Waals surface area contributed by atoms with Crippen molar-refractivity contribution in [3.63, 3.8) is 0 Å². The minimum atomic E-state index is -0.603. The lowest BCUT2D eigenvalue weighted by molar-refractivity contribution is 0.0248. The van der Waals surface area contributed by atoms with Crippen LogP contribution in [-0.4, -0.2) is 40.1 Å². The molecule has 1 aromatic heterocycles. The average molecular weight is 238 g/mol. The van der Waals surface area contributed by atoms with Gasteiger partial charge in [0.15, 0.2) is 0 Å².